The molecule has 0 aromatic heterocycles. The van der Waals surface area contributed by atoms with E-state index < -0.39 is 17.4 Å². The Morgan fingerprint density at radius 2 is 0.892 bits per heavy atom. The first-order valence-corrected chi connectivity index (χ1v) is 20.1. The Hall–Kier alpha value is -0.440. The second-order valence-corrected chi connectivity index (χ2v) is 18.3. The van der Waals surface area contributed by atoms with Gasteiger partial charge in [0, 0.05) is 0 Å². The molecule has 220 valence electrons. The molecule has 0 bridgehead atoms. The van der Waals surface area contributed by atoms with Crippen molar-refractivity contribution in [2.75, 3.05) is 31.3 Å². The van der Waals surface area contributed by atoms with Gasteiger partial charge in [0.15, 0.2) is 0 Å². The van der Waals surface area contributed by atoms with E-state index in [9.17, 15) is 8.42 Å². The van der Waals surface area contributed by atoms with Crippen LogP contribution < -0.4 is 0 Å². The molecule has 1 rings (SSSR count). The fraction of sp³-hybridized carbons (Fsp3) is 0.812. The van der Waals surface area contributed by atoms with Crippen LogP contribution in [0.5, 0.6) is 0 Å². The molecule has 3 nitrogen and oxygen atoms in total. The summed E-state index contributed by atoms with van der Waals surface area (Å²) >= 11 is 0. The van der Waals surface area contributed by atoms with Crippen molar-refractivity contribution >= 4 is 17.4 Å². The SMILES string of the molecule is CCCCCCCCCCCCCCCCCCOS(=O)(=O)c1ccccc1.CC[PH](CC)(CC)CC. The summed E-state index contributed by atoms with van der Waals surface area (Å²) in [6.07, 6.45) is 26.9. The van der Waals surface area contributed by atoms with Gasteiger partial charge >= 0.3 is 59.6 Å². The van der Waals surface area contributed by atoms with Crippen LogP contribution in [-0.4, -0.2) is 39.7 Å². The van der Waals surface area contributed by atoms with Gasteiger partial charge in [-0.15, -0.1) is 0 Å². The zero-order valence-electron chi connectivity index (χ0n) is 25.4. The van der Waals surface area contributed by atoms with Crippen molar-refractivity contribution in [3.8, 4) is 0 Å². The van der Waals surface area contributed by atoms with Gasteiger partial charge in [0.05, 0.1) is 11.5 Å². The molecule has 5 heteroatoms. The Morgan fingerprint density at radius 1 is 0.541 bits per heavy atom. The van der Waals surface area contributed by atoms with Gasteiger partial charge in [-0.1, -0.05) is 121 Å². The third kappa shape index (κ3) is 19.3. The Balaban J connectivity index is 0.00000122. The normalized spacial score (nSPS) is 12.2. The molecule has 0 N–H and O–H groups in total. The molecule has 0 saturated heterocycles. The first-order chi connectivity index (χ1) is 17.9. The summed E-state index contributed by atoms with van der Waals surface area (Å²) in [5, 5.41) is 0. The van der Waals surface area contributed by atoms with E-state index >= 15 is 0 Å². The van der Waals surface area contributed by atoms with Gasteiger partial charge in [-0.3, -0.25) is 4.18 Å². The Bertz CT molecular complexity index is 684. The summed E-state index contributed by atoms with van der Waals surface area (Å²) in [7, 11) is -4.27. The van der Waals surface area contributed by atoms with Gasteiger partial charge in [-0.2, -0.15) is 8.42 Å². The van der Waals surface area contributed by atoms with E-state index in [4.69, 9.17) is 4.18 Å². The van der Waals surface area contributed by atoms with Gasteiger partial charge in [-0.25, -0.2) is 0 Å². The van der Waals surface area contributed by atoms with E-state index in [0.717, 1.165) is 12.8 Å². The standard InChI is InChI=1S/C24H42O3S.C8H21P/c1-2-3-4-5-6-7-8-9-10-11-12-13-14-15-16-20-23-27-28(25,26)24-21-18-17-19-22-24;1-5-9(6-2,7-3)8-4/h17-19,21-22H,2-16,20,23H2,1H3;9H,5-8H2,1-4H3. The average Bonchev–Trinajstić information content (AvgIpc) is 2.93. The summed E-state index contributed by atoms with van der Waals surface area (Å²) in [5.41, 5.74) is 0. The van der Waals surface area contributed by atoms with Crippen molar-refractivity contribution in [3.63, 3.8) is 0 Å². The molecule has 0 radical (unpaired) electrons. The second-order valence-electron chi connectivity index (χ2n) is 10.8. The van der Waals surface area contributed by atoms with E-state index in [1.54, 1.807) is 30.3 Å². The molecule has 0 aliphatic carbocycles. The predicted molar refractivity (Wildman–Crippen MR) is 170 cm³/mol. The molecule has 0 saturated carbocycles. The van der Waals surface area contributed by atoms with Crippen molar-refractivity contribution < 1.29 is 12.6 Å². The number of hydrogen-bond donors (Lipinski definition) is 0. The summed E-state index contributed by atoms with van der Waals surface area (Å²) in [6.45, 7) is 12.0. The van der Waals surface area contributed by atoms with Crippen LogP contribution in [0.4, 0.5) is 0 Å². The monoisotopic (exact) mass is 558 g/mol. The molecular formula is C32H63O3PS. The Kier molecular flexibility index (Phi) is 24.3. The topological polar surface area (TPSA) is 43.4 Å². The summed E-state index contributed by atoms with van der Waals surface area (Å²) in [4.78, 5) is 0.242. The molecule has 0 heterocycles. The van der Waals surface area contributed by atoms with Gasteiger partial charge in [-0.05, 0) is 18.6 Å². The maximum absolute atomic E-state index is 12.0. The third-order valence-corrected chi connectivity index (χ3v) is 15.6. The van der Waals surface area contributed by atoms with Crippen molar-refractivity contribution in [1.82, 2.24) is 0 Å². The van der Waals surface area contributed by atoms with Gasteiger partial charge in [0.25, 0.3) is 10.1 Å². The zero-order valence-corrected chi connectivity index (χ0v) is 27.2. The van der Waals surface area contributed by atoms with E-state index in [-0.39, 0.29) is 11.5 Å². The maximum atomic E-state index is 12.0. The van der Waals surface area contributed by atoms with Crippen LogP contribution >= 0.6 is 7.26 Å². The molecule has 0 spiro atoms. The Morgan fingerprint density at radius 3 is 1.22 bits per heavy atom. The molecule has 0 aliphatic rings. The van der Waals surface area contributed by atoms with E-state index in [1.165, 1.54) is 115 Å². The number of rotatable bonds is 23. The number of unbranched alkanes of at least 4 members (excludes halogenated alkanes) is 15. The third-order valence-electron chi connectivity index (χ3n) is 8.27. The fourth-order valence-electron chi connectivity index (χ4n) is 4.97. The molecule has 0 amide bonds. The van der Waals surface area contributed by atoms with Gasteiger partial charge < -0.3 is 0 Å². The van der Waals surface area contributed by atoms with Crippen LogP contribution in [0.25, 0.3) is 0 Å². The molecule has 0 atom stereocenters. The minimum atomic E-state index is -3.58. The van der Waals surface area contributed by atoms with Crippen molar-refractivity contribution in [1.29, 1.82) is 0 Å². The molecule has 0 unspecified atom stereocenters. The van der Waals surface area contributed by atoms with Crippen LogP contribution in [0.15, 0.2) is 35.2 Å². The zero-order chi connectivity index (χ0) is 27.7. The van der Waals surface area contributed by atoms with Crippen molar-refractivity contribution in [2.45, 2.75) is 142 Å². The predicted octanol–water partition coefficient (Wildman–Crippen LogP) is 10.5. The summed E-state index contributed by atoms with van der Waals surface area (Å²) < 4.78 is 29.0. The summed E-state index contributed by atoms with van der Waals surface area (Å²) in [6, 6.07) is 8.37. The number of hydrogen-bond acceptors (Lipinski definition) is 3. The van der Waals surface area contributed by atoms with E-state index in [2.05, 4.69) is 34.6 Å². The Labute approximate surface area is 233 Å². The molecular weight excluding hydrogens is 495 g/mol. The first-order valence-electron chi connectivity index (χ1n) is 15.9. The van der Waals surface area contributed by atoms with Crippen LogP contribution in [0.1, 0.15) is 137 Å². The first kappa shape index (κ1) is 36.6. The molecule has 37 heavy (non-hydrogen) atoms. The van der Waals surface area contributed by atoms with Crippen LogP contribution in [-0.2, 0) is 14.3 Å². The molecule has 1 aromatic carbocycles. The van der Waals surface area contributed by atoms with E-state index in [0.29, 0.717) is 0 Å². The van der Waals surface area contributed by atoms with E-state index in [1.807, 2.05) is 0 Å². The minimum absolute atomic E-state index is 0.242. The summed E-state index contributed by atoms with van der Waals surface area (Å²) in [5.74, 6) is 0. The average molecular weight is 559 g/mol. The van der Waals surface area contributed by atoms with Crippen molar-refractivity contribution in [3.05, 3.63) is 30.3 Å². The molecule has 1 aromatic rings. The quantitative estimate of drug-likeness (QED) is 0.0762. The number of benzene rings is 1. The second kappa shape index (κ2) is 24.6. The van der Waals surface area contributed by atoms with Gasteiger partial charge in [0.1, 0.15) is 0 Å². The van der Waals surface area contributed by atoms with Gasteiger partial charge in [0.2, 0.25) is 0 Å². The van der Waals surface area contributed by atoms with Crippen LogP contribution in [0.2, 0.25) is 0 Å². The molecule has 0 aliphatic heterocycles. The van der Waals surface area contributed by atoms with Crippen molar-refractivity contribution in [2.24, 2.45) is 0 Å². The van der Waals surface area contributed by atoms with Crippen LogP contribution in [0.3, 0.4) is 0 Å². The molecule has 0 fully saturated rings. The fourth-order valence-corrected chi connectivity index (χ4v) is 8.94. The van der Waals surface area contributed by atoms with Crippen LogP contribution in [0, 0.1) is 0 Å².